The van der Waals surface area contributed by atoms with Crippen molar-refractivity contribution in [1.82, 2.24) is 4.57 Å². The lowest BCUT2D eigenvalue weighted by molar-refractivity contribution is -0.139. The van der Waals surface area contributed by atoms with Gasteiger partial charge in [-0.25, -0.2) is 9.79 Å². The first-order valence-corrected chi connectivity index (χ1v) is 13.5. The van der Waals surface area contributed by atoms with E-state index < -0.39 is 12.0 Å². The zero-order valence-corrected chi connectivity index (χ0v) is 22.5. The van der Waals surface area contributed by atoms with Crippen LogP contribution >= 0.6 is 11.3 Å². The summed E-state index contributed by atoms with van der Waals surface area (Å²) in [6, 6.07) is 16.4. The molecule has 0 aliphatic carbocycles. The van der Waals surface area contributed by atoms with Crippen molar-refractivity contribution in [2.45, 2.75) is 19.9 Å². The van der Waals surface area contributed by atoms with Crippen molar-refractivity contribution in [2.24, 2.45) is 4.99 Å². The molecule has 0 spiro atoms. The quantitative estimate of drug-likeness (QED) is 0.357. The van der Waals surface area contributed by atoms with E-state index in [0.29, 0.717) is 56.6 Å². The molecule has 2 aliphatic rings. The summed E-state index contributed by atoms with van der Waals surface area (Å²) >= 11 is 1.27. The van der Waals surface area contributed by atoms with Gasteiger partial charge >= 0.3 is 5.97 Å². The number of carbonyl (C=O) groups excluding carboxylic acids is 1. The summed E-state index contributed by atoms with van der Waals surface area (Å²) in [5.74, 6) is 1.37. The maximum absolute atomic E-state index is 14.1. The maximum atomic E-state index is 14.1. The molecule has 8 nitrogen and oxygen atoms in total. The van der Waals surface area contributed by atoms with Gasteiger partial charge in [0.25, 0.3) is 5.56 Å². The largest absolute Gasteiger partial charge is 0.496 e. The van der Waals surface area contributed by atoms with E-state index in [0.717, 1.165) is 16.3 Å². The van der Waals surface area contributed by atoms with Gasteiger partial charge in [-0.3, -0.25) is 9.36 Å². The van der Waals surface area contributed by atoms with Gasteiger partial charge < -0.3 is 18.9 Å². The molecule has 39 heavy (non-hydrogen) atoms. The van der Waals surface area contributed by atoms with Gasteiger partial charge in [-0.15, -0.1) is 0 Å². The van der Waals surface area contributed by atoms with Gasteiger partial charge in [0.15, 0.2) is 16.3 Å². The fraction of sp³-hybridized carbons (Fsp3) is 0.233. The summed E-state index contributed by atoms with van der Waals surface area (Å²) in [5, 5.41) is 1.84. The number of thiazole rings is 1. The van der Waals surface area contributed by atoms with Crippen LogP contribution in [0.4, 0.5) is 0 Å². The number of fused-ring (bicyclic) bond motifs is 3. The van der Waals surface area contributed by atoms with Crippen molar-refractivity contribution in [3.8, 4) is 17.2 Å². The van der Waals surface area contributed by atoms with E-state index >= 15 is 0 Å². The van der Waals surface area contributed by atoms with Crippen molar-refractivity contribution < 1.29 is 23.7 Å². The zero-order valence-electron chi connectivity index (χ0n) is 21.7. The highest BCUT2D eigenvalue weighted by Gasteiger charge is 2.36. The van der Waals surface area contributed by atoms with E-state index in [1.54, 1.807) is 25.5 Å². The third kappa shape index (κ3) is 4.28. The number of nitrogens with zero attached hydrogens (tertiary/aromatic N) is 2. The SMILES string of the molecule is CCOC(=O)C1=C(C)N=c2s/c(=C\c3ccc4c(c3)OCCO4)c(=O)n2[C@@H]1c1c(OC)ccc2ccccc12. The van der Waals surface area contributed by atoms with Crippen LogP contribution in [-0.4, -0.2) is 37.5 Å². The van der Waals surface area contributed by atoms with Crippen LogP contribution in [0.1, 0.15) is 31.0 Å². The molecular weight excluding hydrogens is 516 g/mol. The molecule has 6 rings (SSSR count). The fourth-order valence-electron chi connectivity index (χ4n) is 5.10. The average Bonchev–Trinajstić information content (AvgIpc) is 3.25. The van der Waals surface area contributed by atoms with Gasteiger partial charge in [-0.1, -0.05) is 47.7 Å². The molecule has 0 unspecified atom stereocenters. The minimum Gasteiger partial charge on any atom is -0.496 e. The van der Waals surface area contributed by atoms with E-state index in [9.17, 15) is 9.59 Å². The van der Waals surface area contributed by atoms with Crippen LogP contribution in [0.3, 0.4) is 0 Å². The van der Waals surface area contributed by atoms with Crippen LogP contribution in [0.2, 0.25) is 0 Å². The first-order valence-electron chi connectivity index (χ1n) is 12.6. The molecule has 9 heteroatoms. The number of rotatable bonds is 5. The summed E-state index contributed by atoms with van der Waals surface area (Å²) in [7, 11) is 1.58. The van der Waals surface area contributed by atoms with Crippen molar-refractivity contribution in [3.05, 3.63) is 96.7 Å². The van der Waals surface area contributed by atoms with Crippen LogP contribution in [0.5, 0.6) is 17.2 Å². The highest BCUT2D eigenvalue weighted by molar-refractivity contribution is 7.07. The van der Waals surface area contributed by atoms with Crippen LogP contribution < -0.4 is 29.1 Å². The number of hydrogen-bond acceptors (Lipinski definition) is 8. The zero-order chi connectivity index (χ0) is 27.1. The van der Waals surface area contributed by atoms with E-state index in [4.69, 9.17) is 18.9 Å². The Morgan fingerprint density at radius 1 is 1.13 bits per heavy atom. The Morgan fingerprint density at radius 2 is 1.92 bits per heavy atom. The Morgan fingerprint density at radius 3 is 2.72 bits per heavy atom. The van der Waals surface area contributed by atoms with E-state index in [1.165, 1.54) is 11.3 Å². The minimum atomic E-state index is -0.788. The molecule has 1 atom stereocenters. The van der Waals surface area contributed by atoms with Crippen LogP contribution in [0.25, 0.3) is 16.8 Å². The molecule has 3 heterocycles. The second-order valence-corrected chi connectivity index (χ2v) is 10.1. The van der Waals surface area contributed by atoms with Gasteiger partial charge in [0.1, 0.15) is 25.0 Å². The molecule has 0 amide bonds. The summed E-state index contributed by atoms with van der Waals surface area (Å²) in [5.41, 5.74) is 2.05. The molecule has 0 N–H and O–H groups in total. The van der Waals surface area contributed by atoms with E-state index in [2.05, 4.69) is 4.99 Å². The van der Waals surface area contributed by atoms with Gasteiger partial charge in [0, 0.05) is 5.56 Å². The predicted molar refractivity (Wildman–Crippen MR) is 148 cm³/mol. The maximum Gasteiger partial charge on any atom is 0.338 e. The summed E-state index contributed by atoms with van der Waals surface area (Å²) in [4.78, 5) is 32.6. The van der Waals surface area contributed by atoms with Crippen LogP contribution in [0, 0.1) is 0 Å². The molecule has 2 aliphatic heterocycles. The second kappa shape index (κ2) is 10.1. The monoisotopic (exact) mass is 542 g/mol. The van der Waals surface area contributed by atoms with Crippen LogP contribution in [0.15, 0.2) is 75.7 Å². The number of esters is 1. The number of ether oxygens (including phenoxy) is 4. The number of aromatic nitrogens is 1. The van der Waals surface area contributed by atoms with Crippen LogP contribution in [-0.2, 0) is 9.53 Å². The van der Waals surface area contributed by atoms with Crippen molar-refractivity contribution in [1.29, 1.82) is 0 Å². The molecule has 0 bridgehead atoms. The third-order valence-corrected chi connectivity index (χ3v) is 7.79. The van der Waals surface area contributed by atoms with E-state index in [-0.39, 0.29) is 12.2 Å². The molecular formula is C30H26N2O6S. The normalized spacial score (nSPS) is 16.6. The predicted octanol–water partition coefficient (Wildman–Crippen LogP) is 3.73. The lowest BCUT2D eigenvalue weighted by Crippen LogP contribution is -2.40. The third-order valence-electron chi connectivity index (χ3n) is 6.81. The first-order chi connectivity index (χ1) is 19.0. The minimum absolute atomic E-state index is 0.198. The lowest BCUT2D eigenvalue weighted by Gasteiger charge is -2.27. The lowest BCUT2D eigenvalue weighted by atomic mass is 9.90. The molecule has 0 radical (unpaired) electrons. The molecule has 0 fully saturated rings. The second-order valence-electron chi connectivity index (χ2n) is 9.11. The Labute approximate surface area is 228 Å². The molecule has 4 aromatic rings. The summed E-state index contributed by atoms with van der Waals surface area (Å²) in [6.07, 6.45) is 1.81. The Bertz CT molecular complexity index is 1830. The molecule has 198 valence electrons. The average molecular weight is 543 g/mol. The number of allylic oxidation sites excluding steroid dienone is 1. The first kappa shape index (κ1) is 24.9. The highest BCUT2D eigenvalue weighted by Crippen LogP contribution is 2.40. The Kier molecular flexibility index (Phi) is 6.44. The van der Waals surface area contributed by atoms with Gasteiger partial charge in [0.05, 0.1) is 29.5 Å². The standard InChI is InChI=1S/C30H26N2O6S/c1-4-36-29(34)25-17(2)31-30-32(27(25)26-20-8-6-5-7-19(20)10-12-22(26)35-3)28(33)24(39-30)16-18-9-11-21-23(15-18)38-14-13-37-21/h5-12,15-16,27H,4,13-14H2,1-3H3/b24-16-/t27-/m0/s1. The topological polar surface area (TPSA) is 88.4 Å². The smallest absolute Gasteiger partial charge is 0.338 e. The number of carbonyl (C=O) groups is 1. The van der Waals surface area contributed by atoms with Gasteiger partial charge in [-0.2, -0.15) is 0 Å². The molecule has 0 saturated carbocycles. The summed E-state index contributed by atoms with van der Waals surface area (Å²) < 4.78 is 24.6. The summed E-state index contributed by atoms with van der Waals surface area (Å²) in [6.45, 7) is 4.70. The van der Waals surface area contributed by atoms with Crippen molar-refractivity contribution in [3.63, 3.8) is 0 Å². The highest BCUT2D eigenvalue weighted by atomic mass is 32.1. The van der Waals surface area contributed by atoms with Gasteiger partial charge in [0.2, 0.25) is 0 Å². The van der Waals surface area contributed by atoms with Gasteiger partial charge in [-0.05, 0) is 54.5 Å². The Balaban J connectivity index is 1.61. The fourth-order valence-corrected chi connectivity index (χ4v) is 6.15. The molecule has 3 aromatic carbocycles. The van der Waals surface area contributed by atoms with Crippen molar-refractivity contribution >= 4 is 34.2 Å². The Hall–Kier alpha value is -4.37. The van der Waals surface area contributed by atoms with E-state index in [1.807, 2.05) is 60.7 Å². The number of benzene rings is 3. The molecule has 0 saturated heterocycles. The number of hydrogen-bond donors (Lipinski definition) is 0. The van der Waals surface area contributed by atoms with Crippen molar-refractivity contribution in [2.75, 3.05) is 26.9 Å². The molecule has 1 aromatic heterocycles. The number of methoxy groups -OCH3 is 1.